The molecule has 11 nitrogen and oxygen atoms in total. The number of piperazine rings is 1. The van der Waals surface area contributed by atoms with Gasteiger partial charge in [-0.2, -0.15) is 13.2 Å². The van der Waals surface area contributed by atoms with Crippen LogP contribution in [0.15, 0.2) is 55.4 Å². The number of ether oxygens (including phenoxy) is 2. The third-order valence-corrected chi connectivity index (χ3v) is 7.46. The van der Waals surface area contributed by atoms with Gasteiger partial charge in [0.1, 0.15) is 11.4 Å². The number of rotatable bonds is 11. The monoisotopic (exact) mass is 626 g/mol. The number of carbonyl (C=O) groups excluding carboxylic acids is 1. The van der Waals surface area contributed by atoms with Crippen LogP contribution in [-0.4, -0.2) is 87.2 Å². The number of benzene rings is 2. The van der Waals surface area contributed by atoms with Crippen LogP contribution in [0.4, 0.5) is 36.2 Å². The molecule has 0 spiro atoms. The highest BCUT2D eigenvalue weighted by atomic mass is 19.4. The first-order valence-electron chi connectivity index (χ1n) is 14.2. The van der Waals surface area contributed by atoms with Gasteiger partial charge in [-0.1, -0.05) is 12.6 Å². The zero-order chi connectivity index (χ0) is 32.7. The summed E-state index contributed by atoms with van der Waals surface area (Å²) in [6, 6.07) is 8.17. The lowest BCUT2D eigenvalue weighted by Crippen LogP contribution is -2.48. The van der Waals surface area contributed by atoms with Crippen molar-refractivity contribution in [3.8, 4) is 5.75 Å². The molecule has 1 aliphatic heterocycles. The minimum absolute atomic E-state index is 0.0346. The van der Waals surface area contributed by atoms with Gasteiger partial charge in [-0.05, 0) is 49.0 Å². The number of aromatic nitrogens is 2. The number of aryl methyl sites for hydroxylation is 1. The molecule has 2 heterocycles. The fourth-order valence-electron chi connectivity index (χ4n) is 4.91. The minimum atomic E-state index is -4.66. The van der Waals surface area contributed by atoms with Gasteiger partial charge < -0.3 is 29.9 Å². The summed E-state index contributed by atoms with van der Waals surface area (Å²) in [6.45, 7) is 10.2. The summed E-state index contributed by atoms with van der Waals surface area (Å²) in [5.74, 6) is -0.433. The van der Waals surface area contributed by atoms with Crippen LogP contribution in [-0.2, 0) is 10.9 Å². The molecular weight excluding hydrogens is 589 g/mol. The highest BCUT2D eigenvalue weighted by Crippen LogP contribution is 2.38. The number of amidine groups is 1. The number of alkyl halides is 3. The summed E-state index contributed by atoms with van der Waals surface area (Å²) >= 11 is 0. The van der Waals surface area contributed by atoms with E-state index in [-0.39, 0.29) is 22.8 Å². The molecule has 1 aromatic heterocycles. The second-order valence-corrected chi connectivity index (χ2v) is 10.4. The van der Waals surface area contributed by atoms with Crippen LogP contribution < -0.4 is 25.2 Å². The molecule has 3 N–H and O–H groups in total. The van der Waals surface area contributed by atoms with E-state index >= 15 is 0 Å². The Balaban J connectivity index is 1.57. The van der Waals surface area contributed by atoms with Crippen molar-refractivity contribution in [3.05, 3.63) is 77.8 Å². The van der Waals surface area contributed by atoms with Gasteiger partial charge in [-0.3, -0.25) is 15.1 Å². The van der Waals surface area contributed by atoms with Crippen LogP contribution in [0.3, 0.4) is 0 Å². The number of amides is 1. The Morgan fingerprint density at radius 3 is 2.53 bits per heavy atom. The van der Waals surface area contributed by atoms with Crippen molar-refractivity contribution in [1.82, 2.24) is 14.9 Å². The molecule has 4 rings (SSSR count). The van der Waals surface area contributed by atoms with Crippen molar-refractivity contribution in [2.45, 2.75) is 13.1 Å². The lowest BCUT2D eigenvalue weighted by Gasteiger charge is -2.34. The molecule has 3 aromatic rings. The van der Waals surface area contributed by atoms with Gasteiger partial charge in [0.25, 0.3) is 5.91 Å². The number of hydrogen-bond donors (Lipinski definition) is 3. The van der Waals surface area contributed by atoms with Crippen molar-refractivity contribution in [2.75, 3.05) is 81.0 Å². The molecule has 45 heavy (non-hydrogen) atoms. The highest BCUT2D eigenvalue weighted by molar-refractivity contribution is 6.11. The standard InChI is InChI=1S/C31H37F3N8O3/c1-6-36-24-19-37-30(42-13-11-41(12-14-42)15-16-44-4)39-27(24)28(35)40(3)25-17-21(8-7-20(25)2)29(43)38-22-9-10-26(45-5)23(18-22)31(32,33)34/h6-10,17-19,35-36H,1,11-16H2,2-5H3,(H,38,43). The predicted octanol–water partition coefficient (Wildman–Crippen LogP) is 4.85. The summed E-state index contributed by atoms with van der Waals surface area (Å²) in [5, 5.41) is 14.6. The number of hydrogen-bond acceptors (Lipinski definition) is 9. The second-order valence-electron chi connectivity index (χ2n) is 10.4. The second kappa shape index (κ2) is 14.4. The number of anilines is 4. The molecule has 1 aliphatic rings. The summed E-state index contributed by atoms with van der Waals surface area (Å²) < 4.78 is 50.5. The number of methoxy groups -OCH3 is 2. The van der Waals surface area contributed by atoms with Gasteiger partial charge in [0.15, 0.2) is 5.84 Å². The van der Waals surface area contributed by atoms with Gasteiger partial charge in [0, 0.05) is 63.8 Å². The molecule has 1 saturated heterocycles. The Hall–Kier alpha value is -4.69. The Bertz CT molecular complexity index is 1540. The van der Waals surface area contributed by atoms with E-state index in [2.05, 4.69) is 32.0 Å². The van der Waals surface area contributed by atoms with Gasteiger partial charge in [-0.15, -0.1) is 0 Å². The van der Waals surface area contributed by atoms with Gasteiger partial charge >= 0.3 is 6.18 Å². The zero-order valence-corrected chi connectivity index (χ0v) is 25.7. The summed E-state index contributed by atoms with van der Waals surface area (Å²) in [4.78, 5) is 28.4. The van der Waals surface area contributed by atoms with Crippen molar-refractivity contribution in [3.63, 3.8) is 0 Å². The fourth-order valence-corrected chi connectivity index (χ4v) is 4.91. The number of halogens is 3. The molecule has 1 fully saturated rings. The molecule has 14 heteroatoms. The number of carbonyl (C=O) groups is 1. The van der Waals surface area contributed by atoms with Gasteiger partial charge in [0.05, 0.1) is 31.2 Å². The average molecular weight is 627 g/mol. The smallest absolute Gasteiger partial charge is 0.420 e. The first-order chi connectivity index (χ1) is 21.5. The van der Waals surface area contributed by atoms with Crippen LogP contribution >= 0.6 is 0 Å². The highest BCUT2D eigenvalue weighted by Gasteiger charge is 2.34. The predicted molar refractivity (Wildman–Crippen MR) is 169 cm³/mol. The third kappa shape index (κ3) is 7.88. The summed E-state index contributed by atoms with van der Waals surface area (Å²) in [6.07, 6.45) is -1.58. The molecule has 0 aliphatic carbocycles. The van der Waals surface area contributed by atoms with Crippen molar-refractivity contribution >= 4 is 34.8 Å². The normalized spacial score (nSPS) is 13.7. The molecule has 0 unspecified atom stereocenters. The van der Waals surface area contributed by atoms with Crippen molar-refractivity contribution in [1.29, 1.82) is 5.41 Å². The first kappa shape index (κ1) is 33.2. The van der Waals surface area contributed by atoms with Crippen molar-refractivity contribution < 1.29 is 27.4 Å². The molecule has 1 amide bonds. The lowest BCUT2D eigenvalue weighted by atomic mass is 10.1. The third-order valence-electron chi connectivity index (χ3n) is 7.46. The minimum Gasteiger partial charge on any atom is -0.496 e. The van der Waals surface area contributed by atoms with Crippen LogP contribution in [0.5, 0.6) is 5.75 Å². The Labute approximate surface area is 260 Å². The van der Waals surface area contributed by atoms with E-state index in [0.717, 1.165) is 57.5 Å². The number of nitrogens with one attached hydrogen (secondary N) is 3. The zero-order valence-electron chi connectivity index (χ0n) is 25.7. The van der Waals surface area contributed by atoms with E-state index in [0.29, 0.717) is 29.6 Å². The van der Waals surface area contributed by atoms with E-state index in [1.807, 2.05) is 6.92 Å². The maximum absolute atomic E-state index is 13.5. The summed E-state index contributed by atoms with van der Waals surface area (Å²) in [7, 11) is 4.51. The SMILES string of the molecule is C=CNc1cnc(N2CCN(CCOC)CC2)nc1C(=N)N(C)c1cc(C(=O)Nc2ccc(OC)c(C(F)(F)F)c2)ccc1C. The molecule has 0 bridgehead atoms. The summed E-state index contributed by atoms with van der Waals surface area (Å²) in [5.41, 5.74) is 1.27. The number of nitrogens with zero attached hydrogens (tertiary/aromatic N) is 5. The quantitative estimate of drug-likeness (QED) is 0.203. The topological polar surface area (TPSA) is 119 Å². The lowest BCUT2D eigenvalue weighted by molar-refractivity contribution is -0.138. The van der Waals surface area contributed by atoms with Crippen LogP contribution in [0.25, 0.3) is 0 Å². The van der Waals surface area contributed by atoms with Crippen LogP contribution in [0.1, 0.15) is 27.2 Å². The molecule has 2 aromatic carbocycles. The molecule has 0 saturated carbocycles. The van der Waals surface area contributed by atoms with E-state index in [9.17, 15) is 18.0 Å². The Morgan fingerprint density at radius 1 is 1.16 bits per heavy atom. The molecular formula is C31H37F3N8O3. The van der Waals surface area contributed by atoms with Crippen LogP contribution in [0, 0.1) is 12.3 Å². The molecule has 240 valence electrons. The van der Waals surface area contributed by atoms with E-state index < -0.39 is 17.6 Å². The van der Waals surface area contributed by atoms with E-state index in [4.69, 9.17) is 19.9 Å². The fraction of sp³-hybridized carbons (Fsp3) is 0.355. The van der Waals surface area contributed by atoms with Gasteiger partial charge in [0.2, 0.25) is 5.95 Å². The Morgan fingerprint density at radius 2 is 1.89 bits per heavy atom. The first-order valence-corrected chi connectivity index (χ1v) is 14.2. The largest absolute Gasteiger partial charge is 0.496 e. The molecule has 0 radical (unpaired) electrons. The van der Waals surface area contributed by atoms with Gasteiger partial charge in [-0.25, -0.2) is 9.97 Å². The Kier molecular flexibility index (Phi) is 10.6. The van der Waals surface area contributed by atoms with E-state index in [1.165, 1.54) is 12.3 Å². The molecule has 0 atom stereocenters. The van der Waals surface area contributed by atoms with E-state index in [1.54, 1.807) is 43.5 Å². The average Bonchev–Trinajstić information content (AvgIpc) is 3.03. The maximum Gasteiger partial charge on any atom is 0.420 e. The maximum atomic E-state index is 13.5. The van der Waals surface area contributed by atoms with Crippen molar-refractivity contribution in [2.24, 2.45) is 0 Å². The van der Waals surface area contributed by atoms with Crippen LogP contribution in [0.2, 0.25) is 0 Å².